The summed E-state index contributed by atoms with van der Waals surface area (Å²) in [5, 5.41) is 48.5. The fraction of sp³-hybridized carbons (Fsp3) is 0.0400. The number of rotatable bonds is 13. The third kappa shape index (κ3) is 11.0. The normalized spacial score (nSPS) is 11.0. The topological polar surface area (TPSA) is 201 Å². The molecule has 8 aromatic rings. The maximum absolute atomic E-state index is 13.6. The summed E-state index contributed by atoms with van der Waals surface area (Å²) < 4.78 is 12.5. The molecule has 0 radical (unpaired) electrons. The van der Waals surface area contributed by atoms with Gasteiger partial charge in [0.25, 0.3) is 0 Å². The molecule has 318 valence electrons. The Hall–Kier alpha value is -7.17. The Morgan fingerprint density at radius 1 is 0.470 bits per heavy atom. The molecule has 16 heteroatoms. The standard InChI is InChI=1S/C46H30N6O4.2C2H4O2.2Hg/c53-43-39(27-31-11-7-9-17-37(31)41(43)51-49-35-13-3-1-4-14-35)45(55)47-33-23-19-29(20-24-33)30-21-25-34(26-22-30)48-46(56)40-28-32-12-8-10-18-38(32)42(44(40)54)52-50-36-15-5-2-6-16-36;2*1-2(3)4;;/h3-28,53-54H,(H,47,55)(H,48,56);2*1H3,(H,3,4);;/q;;;2*+1/p-2. The molecule has 0 bridgehead atoms. The van der Waals surface area contributed by atoms with Crippen molar-refractivity contribution in [1.29, 1.82) is 0 Å². The van der Waals surface area contributed by atoms with Crippen molar-refractivity contribution in [3.8, 4) is 22.6 Å². The third-order valence-electron chi connectivity index (χ3n) is 10.4. The van der Waals surface area contributed by atoms with Gasteiger partial charge in [0.05, 0.1) is 0 Å². The van der Waals surface area contributed by atoms with Crippen LogP contribution in [0.4, 0.5) is 34.1 Å². The number of hydrogen-bond donors (Lipinski definition) is 4. The maximum atomic E-state index is 13.6. The van der Waals surface area contributed by atoms with Gasteiger partial charge >= 0.3 is 347 Å². The van der Waals surface area contributed by atoms with E-state index in [1.807, 2.05) is 84.9 Å². The van der Waals surface area contributed by atoms with Crippen LogP contribution >= 0.6 is 0 Å². The molecule has 0 aromatic heterocycles. The van der Waals surface area contributed by atoms with Crippen molar-refractivity contribution in [2.45, 2.75) is 13.8 Å². The van der Waals surface area contributed by atoms with Crippen LogP contribution in [0.15, 0.2) is 178 Å². The zero-order valence-corrected chi connectivity index (χ0v) is 46.6. The van der Waals surface area contributed by atoms with Crippen LogP contribution < -0.4 is 16.8 Å². The molecule has 66 heavy (non-hydrogen) atoms. The van der Waals surface area contributed by atoms with Crippen LogP contribution in [0.25, 0.3) is 32.7 Å². The molecule has 0 atom stereocenters. The molecule has 4 N–H and O–H groups in total. The quantitative estimate of drug-likeness (QED) is 0.0645. The van der Waals surface area contributed by atoms with Gasteiger partial charge in [-0.25, -0.2) is 0 Å². The Labute approximate surface area is 403 Å². The van der Waals surface area contributed by atoms with E-state index in [1.54, 1.807) is 72.8 Å². The second-order valence-electron chi connectivity index (χ2n) is 15.0. The van der Waals surface area contributed by atoms with Crippen molar-refractivity contribution in [3.05, 3.63) is 169 Å². The van der Waals surface area contributed by atoms with E-state index in [0.29, 0.717) is 44.3 Å². The molecule has 0 aliphatic rings. The molecule has 0 heterocycles. The first-order chi connectivity index (χ1) is 32.0. The molecule has 0 unspecified atom stereocenters. The molecule has 0 aliphatic carbocycles. The summed E-state index contributed by atoms with van der Waals surface area (Å²) in [5.41, 5.74) is 4.09. The Morgan fingerprint density at radius 3 is 1.20 bits per heavy atom. The van der Waals surface area contributed by atoms with Gasteiger partial charge in [0.15, 0.2) is 0 Å². The summed E-state index contributed by atoms with van der Waals surface area (Å²) in [4.78, 5) is 49.7. The average molecular weight is 1250 g/mol. The molecule has 14 nitrogen and oxygen atoms in total. The number of fused-ring (bicyclic) bond motifs is 2. The van der Waals surface area contributed by atoms with Crippen molar-refractivity contribution in [2.75, 3.05) is 10.6 Å². The van der Waals surface area contributed by atoms with Gasteiger partial charge in [-0.05, 0) is 35.4 Å². The molecule has 0 saturated heterocycles. The van der Waals surface area contributed by atoms with E-state index in [1.165, 1.54) is 13.8 Å². The number of anilines is 2. The van der Waals surface area contributed by atoms with E-state index in [2.05, 4.69) is 31.1 Å². The summed E-state index contributed by atoms with van der Waals surface area (Å²) in [6.07, 6.45) is 0. The number of carbonyl (C=O) groups excluding carboxylic acids is 4. The van der Waals surface area contributed by atoms with Crippen LogP contribution in [-0.4, -0.2) is 34.0 Å². The number of hydrogen-bond acceptors (Lipinski definition) is 12. The second-order valence-corrected chi connectivity index (χ2v) is 25.9. The van der Waals surface area contributed by atoms with Crippen LogP contribution in [0.1, 0.15) is 34.6 Å². The number of amides is 2. The van der Waals surface area contributed by atoms with E-state index in [9.17, 15) is 29.4 Å². The zero-order valence-electron chi connectivity index (χ0n) is 35.6. The number of benzene rings is 8. The Kier molecular flexibility index (Phi) is 14.3. The van der Waals surface area contributed by atoms with Gasteiger partial charge in [-0.2, -0.15) is 0 Å². The number of phenolic OH excluding ortho intramolecular Hbond substituents is 2. The van der Waals surface area contributed by atoms with Crippen LogP contribution in [0.3, 0.4) is 0 Å². The van der Waals surface area contributed by atoms with Gasteiger partial charge in [-0.15, -0.1) is 0 Å². The number of nitrogens with zero attached hydrogens (tertiary/aromatic N) is 4. The summed E-state index contributed by atoms with van der Waals surface area (Å²) in [6, 6.07) is 46.6. The van der Waals surface area contributed by atoms with Crippen LogP contribution in [-0.2, 0) is 64.9 Å². The molecule has 0 fully saturated rings. The van der Waals surface area contributed by atoms with Gasteiger partial charge in [-0.3, -0.25) is 0 Å². The number of azo groups is 2. The third-order valence-corrected chi connectivity index (χ3v) is 20.9. The first kappa shape index (κ1) is 45.4. The molecule has 2 amide bonds. The van der Waals surface area contributed by atoms with E-state index < -0.39 is 61.9 Å². The van der Waals surface area contributed by atoms with Crippen LogP contribution in [0, 0.1) is 0 Å². The molecule has 0 aliphatic heterocycles. The van der Waals surface area contributed by atoms with Gasteiger partial charge in [-0.1, -0.05) is 24.3 Å². The van der Waals surface area contributed by atoms with Crippen molar-refractivity contribution in [1.82, 2.24) is 0 Å². The van der Waals surface area contributed by atoms with Crippen LogP contribution in [0.2, 0.25) is 0 Å². The van der Waals surface area contributed by atoms with E-state index in [0.717, 1.165) is 17.3 Å². The average Bonchev–Trinajstić information content (AvgIpc) is 3.33. The molecule has 0 spiro atoms. The van der Waals surface area contributed by atoms with Crippen LogP contribution in [0.5, 0.6) is 11.5 Å². The van der Waals surface area contributed by atoms with Gasteiger partial charge < -0.3 is 0 Å². The predicted octanol–water partition coefficient (Wildman–Crippen LogP) is 10.8. The minimum absolute atomic E-state index is 0.0240. The first-order valence-electron chi connectivity index (χ1n) is 20.6. The Balaban J connectivity index is 0.940. The van der Waals surface area contributed by atoms with Gasteiger partial charge in [0.2, 0.25) is 0 Å². The predicted molar refractivity (Wildman–Crippen MR) is 243 cm³/mol. The number of carbonyl (C=O) groups is 4. The molecular formula is C50H36Hg2N6O8. The molecule has 8 rings (SSSR count). The van der Waals surface area contributed by atoms with Crippen molar-refractivity contribution < 1.29 is 84.7 Å². The summed E-state index contributed by atoms with van der Waals surface area (Å²) in [5.74, 6) is -2.27. The Bertz CT molecular complexity index is 2980. The Morgan fingerprint density at radius 2 is 0.833 bits per heavy atom. The van der Waals surface area contributed by atoms with Crippen molar-refractivity contribution in [2.24, 2.45) is 20.5 Å². The fourth-order valence-electron chi connectivity index (χ4n) is 6.98. The summed E-state index contributed by atoms with van der Waals surface area (Å²) in [7, 11) is 0. The monoisotopic (exact) mass is 1250 g/mol. The number of nitrogens with one attached hydrogen (secondary N) is 2. The molecule has 8 aromatic carbocycles. The second kappa shape index (κ2) is 20.8. The summed E-state index contributed by atoms with van der Waals surface area (Å²) >= 11 is -3.98. The van der Waals surface area contributed by atoms with E-state index in [4.69, 9.17) is 5.29 Å². The fourth-order valence-corrected chi connectivity index (χ4v) is 13.2. The SMILES string of the molecule is CC(=O)[O][Hg][c]1ccc(N=Nc2c(O)c(C(=O)Nc3ccc(-c4ccc(NC(=O)c5cc6ccccc6c(N=Nc6cc[c]([Hg][O]C(C)=O)cc6)c5O)cc4)cc3)cc3ccccc23)cc1. The van der Waals surface area contributed by atoms with Gasteiger partial charge in [0, 0.05) is 0 Å². The molecule has 0 saturated carbocycles. The first-order valence-corrected chi connectivity index (χ1v) is 30.6. The minimum atomic E-state index is -1.99. The number of phenols is 2. The van der Waals surface area contributed by atoms with E-state index >= 15 is 0 Å². The van der Waals surface area contributed by atoms with Crippen molar-refractivity contribution >= 4 is 85.6 Å². The van der Waals surface area contributed by atoms with E-state index in [-0.39, 0.29) is 45.9 Å². The van der Waals surface area contributed by atoms with Gasteiger partial charge in [0.1, 0.15) is 0 Å². The molecular weight excluding hydrogens is 1210 g/mol. The summed E-state index contributed by atoms with van der Waals surface area (Å²) in [6.45, 7) is 2.79. The zero-order chi connectivity index (χ0) is 46.2. The number of aromatic hydroxyl groups is 2. The van der Waals surface area contributed by atoms with Crippen molar-refractivity contribution in [3.63, 3.8) is 0 Å².